The van der Waals surface area contributed by atoms with Crippen molar-refractivity contribution in [2.75, 3.05) is 7.05 Å². The molecule has 3 aromatic carbocycles. The summed E-state index contributed by atoms with van der Waals surface area (Å²) in [6.07, 6.45) is -1.15. The van der Waals surface area contributed by atoms with Crippen LogP contribution in [-0.4, -0.2) is 68.3 Å². The van der Waals surface area contributed by atoms with Crippen molar-refractivity contribution < 1.29 is 33.8 Å². The standard InChI is InChI=1S/C35H36Cl2N4O9/c1-18(2)49-32(46)26(38-29(42)27-24(36)8-7-9-25(27)37)16-19-10-12-21(13-11-19)41-30(43)22-14-20(17-40(6)34(48)50-35(3,4)5)15-23(31(44)45)28(22)39-33(41)47/h7-15,18,26H,16-17H2,1-6H3,(H,38,42)(H,39,47)(H,44,45)/t26-/m0/s1. The van der Waals surface area contributed by atoms with Crippen molar-refractivity contribution in [1.82, 2.24) is 19.8 Å². The maximum Gasteiger partial charge on any atom is 0.410 e. The Morgan fingerprint density at radius 1 is 0.980 bits per heavy atom. The molecule has 3 N–H and O–H groups in total. The van der Waals surface area contributed by atoms with Crippen LogP contribution in [0.1, 0.15) is 66.5 Å². The van der Waals surface area contributed by atoms with Gasteiger partial charge in [0.2, 0.25) is 0 Å². The molecular weight excluding hydrogens is 691 g/mol. The van der Waals surface area contributed by atoms with E-state index in [1.807, 2.05) is 0 Å². The molecule has 0 saturated carbocycles. The maximum atomic E-state index is 13.8. The molecule has 0 spiro atoms. The quantitative estimate of drug-likeness (QED) is 0.182. The zero-order chi connectivity index (χ0) is 37.1. The first kappa shape index (κ1) is 37.7. The molecule has 264 valence electrons. The van der Waals surface area contributed by atoms with E-state index >= 15 is 0 Å². The van der Waals surface area contributed by atoms with E-state index in [0.29, 0.717) is 11.1 Å². The average molecular weight is 728 g/mol. The SMILES string of the molecule is CC(C)OC(=O)[C@H](Cc1ccc(-n2c(=O)[nH]c3c(C(=O)O)cc(CN(C)C(=O)OC(C)(C)C)cc3c2=O)cc1)NC(=O)c1c(Cl)cccc1Cl. The number of carbonyl (C=O) groups is 4. The van der Waals surface area contributed by atoms with Gasteiger partial charge < -0.3 is 29.8 Å². The molecule has 1 aromatic heterocycles. The molecule has 2 amide bonds. The lowest BCUT2D eigenvalue weighted by Crippen LogP contribution is -2.44. The minimum absolute atomic E-state index is 0.00543. The number of rotatable bonds is 10. The van der Waals surface area contributed by atoms with Crippen molar-refractivity contribution in [3.63, 3.8) is 0 Å². The number of hydrogen-bond donors (Lipinski definition) is 3. The number of benzene rings is 3. The third kappa shape index (κ3) is 8.90. The fraction of sp³-hybridized carbons (Fsp3) is 0.314. The van der Waals surface area contributed by atoms with Gasteiger partial charge in [-0.2, -0.15) is 0 Å². The number of carboxylic acids is 1. The summed E-state index contributed by atoms with van der Waals surface area (Å²) in [5.74, 6) is -2.77. The summed E-state index contributed by atoms with van der Waals surface area (Å²) in [4.78, 5) is 81.5. The molecule has 4 rings (SSSR count). The summed E-state index contributed by atoms with van der Waals surface area (Å²) in [7, 11) is 1.47. The molecule has 0 saturated heterocycles. The zero-order valence-electron chi connectivity index (χ0n) is 28.1. The van der Waals surface area contributed by atoms with Crippen LogP contribution in [0.5, 0.6) is 0 Å². The molecule has 0 aliphatic carbocycles. The number of halogens is 2. The Morgan fingerprint density at radius 2 is 1.60 bits per heavy atom. The molecule has 15 heteroatoms. The van der Waals surface area contributed by atoms with Crippen LogP contribution in [0.3, 0.4) is 0 Å². The van der Waals surface area contributed by atoms with Crippen LogP contribution in [-0.2, 0) is 27.2 Å². The lowest BCUT2D eigenvalue weighted by molar-refractivity contribution is -0.149. The van der Waals surface area contributed by atoms with Crippen molar-refractivity contribution in [2.45, 2.75) is 65.3 Å². The highest BCUT2D eigenvalue weighted by molar-refractivity contribution is 6.39. The molecule has 0 aliphatic rings. The minimum Gasteiger partial charge on any atom is -0.478 e. The number of carbonyl (C=O) groups excluding carboxylic acids is 3. The Kier molecular flexibility index (Phi) is 11.4. The minimum atomic E-state index is -1.39. The van der Waals surface area contributed by atoms with Gasteiger partial charge in [-0.3, -0.25) is 9.59 Å². The van der Waals surface area contributed by atoms with Gasteiger partial charge in [-0.05, 0) is 82.1 Å². The highest BCUT2D eigenvalue weighted by atomic mass is 35.5. The fourth-order valence-corrected chi connectivity index (χ4v) is 5.59. The molecule has 0 unspecified atom stereocenters. The Labute approximate surface area is 296 Å². The van der Waals surface area contributed by atoms with E-state index in [1.165, 1.54) is 48.3 Å². The van der Waals surface area contributed by atoms with Crippen LogP contribution in [0.4, 0.5) is 4.79 Å². The molecule has 4 aromatic rings. The summed E-state index contributed by atoms with van der Waals surface area (Å²) in [6.45, 7) is 8.36. The predicted octanol–water partition coefficient (Wildman–Crippen LogP) is 5.34. The number of fused-ring (bicyclic) bond motifs is 1. The van der Waals surface area contributed by atoms with Gasteiger partial charge in [-0.25, -0.2) is 23.7 Å². The van der Waals surface area contributed by atoms with Gasteiger partial charge in [0.15, 0.2) is 0 Å². The normalized spacial score (nSPS) is 12.0. The number of nitrogens with zero attached hydrogens (tertiary/aromatic N) is 2. The van der Waals surface area contributed by atoms with E-state index in [2.05, 4.69) is 10.3 Å². The first-order valence-electron chi connectivity index (χ1n) is 15.4. The number of carboxylic acid groups (broad SMARTS) is 1. The first-order valence-corrected chi connectivity index (χ1v) is 16.2. The highest BCUT2D eigenvalue weighted by Gasteiger charge is 2.27. The van der Waals surface area contributed by atoms with Gasteiger partial charge in [-0.1, -0.05) is 41.4 Å². The summed E-state index contributed by atoms with van der Waals surface area (Å²) in [5.41, 5.74) is -1.97. The second kappa shape index (κ2) is 15.2. The molecular formula is C35H36Cl2N4O9. The van der Waals surface area contributed by atoms with Crippen LogP contribution in [0.2, 0.25) is 10.0 Å². The number of ether oxygens (including phenoxy) is 2. The van der Waals surface area contributed by atoms with Crippen molar-refractivity contribution in [1.29, 1.82) is 0 Å². The number of H-pyrrole nitrogens is 1. The molecule has 0 fully saturated rings. The van der Waals surface area contributed by atoms with E-state index < -0.39 is 52.9 Å². The first-order chi connectivity index (χ1) is 23.4. The van der Waals surface area contributed by atoms with Gasteiger partial charge >= 0.3 is 23.7 Å². The molecule has 1 atom stereocenters. The van der Waals surface area contributed by atoms with Crippen LogP contribution in [0.15, 0.2) is 64.2 Å². The predicted molar refractivity (Wildman–Crippen MR) is 187 cm³/mol. The van der Waals surface area contributed by atoms with E-state index in [4.69, 9.17) is 32.7 Å². The molecule has 0 radical (unpaired) electrons. The molecule has 1 heterocycles. The largest absolute Gasteiger partial charge is 0.478 e. The Morgan fingerprint density at radius 3 is 2.16 bits per heavy atom. The smallest absolute Gasteiger partial charge is 0.410 e. The van der Waals surface area contributed by atoms with Crippen LogP contribution < -0.4 is 16.6 Å². The number of aromatic carboxylic acids is 1. The number of aromatic nitrogens is 2. The van der Waals surface area contributed by atoms with E-state index in [1.54, 1.807) is 52.8 Å². The second-order valence-electron chi connectivity index (χ2n) is 12.8. The lowest BCUT2D eigenvalue weighted by atomic mass is 10.0. The van der Waals surface area contributed by atoms with Crippen molar-refractivity contribution >= 4 is 58.0 Å². The Balaban J connectivity index is 1.68. The Hall–Kier alpha value is -5.14. The second-order valence-corrected chi connectivity index (χ2v) is 13.6. The van der Waals surface area contributed by atoms with Gasteiger partial charge in [0.05, 0.1) is 43.9 Å². The molecule has 50 heavy (non-hydrogen) atoms. The van der Waals surface area contributed by atoms with Gasteiger partial charge in [0, 0.05) is 20.0 Å². The third-order valence-electron chi connectivity index (χ3n) is 7.19. The van der Waals surface area contributed by atoms with E-state index in [9.17, 15) is 33.9 Å². The van der Waals surface area contributed by atoms with E-state index in [0.717, 1.165) is 4.57 Å². The fourth-order valence-electron chi connectivity index (χ4n) is 5.02. The Bertz CT molecular complexity index is 2060. The topological polar surface area (TPSA) is 177 Å². The monoisotopic (exact) mass is 726 g/mol. The van der Waals surface area contributed by atoms with Crippen LogP contribution in [0, 0.1) is 0 Å². The van der Waals surface area contributed by atoms with Crippen molar-refractivity contribution in [2.24, 2.45) is 0 Å². The van der Waals surface area contributed by atoms with Gasteiger partial charge in [0.25, 0.3) is 11.5 Å². The van der Waals surface area contributed by atoms with Crippen molar-refractivity contribution in [3.05, 3.63) is 108 Å². The molecule has 0 bridgehead atoms. The summed E-state index contributed by atoms with van der Waals surface area (Å²) < 4.78 is 11.6. The average Bonchev–Trinajstić information content (AvgIpc) is 3.00. The van der Waals surface area contributed by atoms with Crippen LogP contribution >= 0.6 is 23.2 Å². The van der Waals surface area contributed by atoms with Crippen molar-refractivity contribution in [3.8, 4) is 5.69 Å². The zero-order valence-corrected chi connectivity index (χ0v) is 29.6. The maximum absolute atomic E-state index is 13.8. The summed E-state index contributed by atoms with van der Waals surface area (Å²) in [5, 5.41) is 12.6. The van der Waals surface area contributed by atoms with Crippen LogP contribution in [0.25, 0.3) is 16.6 Å². The highest BCUT2D eigenvalue weighted by Crippen LogP contribution is 2.25. The number of amides is 2. The molecule has 13 nitrogen and oxygen atoms in total. The number of aromatic amines is 1. The van der Waals surface area contributed by atoms with E-state index in [-0.39, 0.29) is 50.7 Å². The third-order valence-corrected chi connectivity index (χ3v) is 7.82. The van der Waals surface area contributed by atoms with Gasteiger partial charge in [0.1, 0.15) is 11.6 Å². The number of esters is 1. The lowest BCUT2D eigenvalue weighted by Gasteiger charge is -2.24. The number of nitrogens with one attached hydrogen (secondary N) is 2. The summed E-state index contributed by atoms with van der Waals surface area (Å²) in [6, 6.07) is 12.1. The van der Waals surface area contributed by atoms with Gasteiger partial charge in [-0.15, -0.1) is 0 Å². The summed E-state index contributed by atoms with van der Waals surface area (Å²) >= 11 is 12.4. The molecule has 0 aliphatic heterocycles. The number of hydrogen-bond acceptors (Lipinski definition) is 8.